The topological polar surface area (TPSA) is 176 Å². The standard InChI is InChI=1S/C65H87N9O5/c1-15-60(9,10)46-63(14,59(76)79-42-41-77-57-38-35-53(43-48(57)8)72-70-51-29-27-50(28-30-51)69-68-49-25-23-22-24-26-49)65(19-5,20-6)64(17-3,18-4)47-62(13,61(11,12)16-2)58(75)78-40-39-74(21-7)56-36-33-52(34-37-56)71-73-55-32-31-54(44-66)67-45-55/h22-38,43,45H,15-21,39-42,46-47H2,1-14H3/b69-68+,72-70+,73-71+. The molecular formula is C65H87N9O5. The zero-order chi connectivity index (χ0) is 57.9. The van der Waals surface area contributed by atoms with Gasteiger partial charge in [-0.15, -0.1) is 5.11 Å². The van der Waals surface area contributed by atoms with Crippen LogP contribution in [0.4, 0.5) is 39.8 Å². The number of nitriles is 1. The van der Waals surface area contributed by atoms with Gasteiger partial charge in [-0.2, -0.15) is 30.8 Å². The lowest BCUT2D eigenvalue weighted by Crippen LogP contribution is -2.60. The van der Waals surface area contributed by atoms with Crippen molar-refractivity contribution in [2.24, 2.45) is 63.2 Å². The third-order valence-electron chi connectivity index (χ3n) is 17.6. The van der Waals surface area contributed by atoms with E-state index in [0.29, 0.717) is 65.8 Å². The summed E-state index contributed by atoms with van der Waals surface area (Å²) in [7, 11) is 0. The molecule has 0 saturated carbocycles. The van der Waals surface area contributed by atoms with Crippen LogP contribution in [-0.2, 0) is 19.1 Å². The van der Waals surface area contributed by atoms with Gasteiger partial charge in [0.1, 0.15) is 43.0 Å². The van der Waals surface area contributed by atoms with Gasteiger partial charge in [0.2, 0.25) is 0 Å². The van der Waals surface area contributed by atoms with Crippen LogP contribution in [0.1, 0.15) is 153 Å². The minimum atomic E-state index is -0.933. The molecule has 14 nitrogen and oxygen atoms in total. The molecular weight excluding hydrogens is 987 g/mol. The van der Waals surface area contributed by atoms with Crippen LogP contribution in [0, 0.1) is 50.7 Å². The smallest absolute Gasteiger partial charge is 0.312 e. The summed E-state index contributed by atoms with van der Waals surface area (Å²) in [4.78, 5) is 36.7. The molecule has 0 fully saturated rings. The highest BCUT2D eigenvalue weighted by Crippen LogP contribution is 2.67. The summed E-state index contributed by atoms with van der Waals surface area (Å²) in [6, 6.07) is 35.7. The van der Waals surface area contributed by atoms with E-state index in [1.54, 1.807) is 12.1 Å². The van der Waals surface area contributed by atoms with Gasteiger partial charge in [0.25, 0.3) is 0 Å². The van der Waals surface area contributed by atoms with Crippen molar-refractivity contribution in [1.29, 1.82) is 5.26 Å². The number of aryl methyl sites for hydroxylation is 1. The molecule has 5 aromatic rings. The van der Waals surface area contributed by atoms with Gasteiger partial charge in [0, 0.05) is 12.2 Å². The van der Waals surface area contributed by atoms with E-state index in [0.717, 1.165) is 55.5 Å². The summed E-state index contributed by atoms with van der Waals surface area (Å²) >= 11 is 0. The first-order chi connectivity index (χ1) is 37.7. The Morgan fingerprint density at radius 3 is 1.56 bits per heavy atom. The van der Waals surface area contributed by atoms with Crippen molar-refractivity contribution in [3.63, 3.8) is 0 Å². The molecule has 0 aliphatic rings. The lowest BCUT2D eigenvalue weighted by molar-refractivity contribution is -0.196. The minimum absolute atomic E-state index is 0.0757. The number of anilines is 1. The number of benzene rings is 4. The lowest BCUT2D eigenvalue weighted by Gasteiger charge is -2.62. The number of azo groups is 3. The van der Waals surface area contributed by atoms with Crippen LogP contribution in [0.2, 0.25) is 0 Å². The number of ether oxygens (including phenoxy) is 3. The molecule has 0 spiro atoms. The largest absolute Gasteiger partial charge is 0.490 e. The van der Waals surface area contributed by atoms with Crippen LogP contribution < -0.4 is 9.64 Å². The third kappa shape index (κ3) is 15.2. The summed E-state index contributed by atoms with van der Waals surface area (Å²) in [5.41, 5.74) is 2.75. The van der Waals surface area contributed by atoms with Gasteiger partial charge in [-0.05, 0) is 191 Å². The fourth-order valence-corrected chi connectivity index (χ4v) is 11.7. The summed E-state index contributed by atoms with van der Waals surface area (Å²) in [5, 5.41) is 35.1. The molecule has 2 atom stereocenters. The van der Waals surface area contributed by atoms with Crippen LogP contribution in [0.5, 0.6) is 5.75 Å². The summed E-state index contributed by atoms with van der Waals surface area (Å²) in [5.74, 6) is 0.225. The maximum atomic E-state index is 15.3. The maximum absolute atomic E-state index is 15.3. The van der Waals surface area contributed by atoms with Crippen LogP contribution in [0.3, 0.4) is 0 Å². The van der Waals surface area contributed by atoms with Crippen molar-refractivity contribution >= 4 is 51.8 Å². The number of hydrogen-bond donors (Lipinski definition) is 0. The first-order valence-corrected chi connectivity index (χ1v) is 28.4. The Bertz CT molecular complexity index is 2870. The first kappa shape index (κ1) is 62.7. The molecule has 79 heavy (non-hydrogen) atoms. The second-order valence-electron chi connectivity index (χ2n) is 22.7. The van der Waals surface area contributed by atoms with E-state index in [4.69, 9.17) is 19.5 Å². The zero-order valence-corrected chi connectivity index (χ0v) is 49.7. The van der Waals surface area contributed by atoms with Crippen molar-refractivity contribution in [1.82, 2.24) is 4.98 Å². The number of pyridine rings is 1. The van der Waals surface area contributed by atoms with Gasteiger partial charge in [-0.1, -0.05) is 93.9 Å². The van der Waals surface area contributed by atoms with E-state index in [1.165, 1.54) is 6.20 Å². The highest BCUT2D eigenvalue weighted by Gasteiger charge is 2.65. The molecule has 0 bridgehead atoms. The van der Waals surface area contributed by atoms with Crippen molar-refractivity contribution < 1.29 is 23.8 Å². The number of carbonyl (C=O) groups excluding carboxylic acids is 2. The molecule has 5 rings (SSSR count). The number of nitrogens with zero attached hydrogens (tertiary/aromatic N) is 9. The number of carbonyl (C=O) groups is 2. The van der Waals surface area contributed by atoms with E-state index in [2.05, 4.69) is 131 Å². The van der Waals surface area contributed by atoms with Crippen molar-refractivity contribution in [3.8, 4) is 11.8 Å². The number of esters is 2. The molecule has 0 radical (unpaired) electrons. The number of rotatable bonds is 30. The monoisotopic (exact) mass is 1070 g/mol. The fraction of sp³-hybridized carbons (Fsp3) is 0.508. The molecule has 1 aromatic heterocycles. The molecule has 0 aliphatic heterocycles. The average Bonchev–Trinajstić information content (AvgIpc) is 3.64. The van der Waals surface area contributed by atoms with Crippen LogP contribution in [0.15, 0.2) is 146 Å². The molecule has 1 heterocycles. The molecule has 4 aromatic carbocycles. The first-order valence-electron chi connectivity index (χ1n) is 28.4. The Balaban J connectivity index is 1.31. The Morgan fingerprint density at radius 2 is 1.06 bits per heavy atom. The van der Waals surface area contributed by atoms with Gasteiger partial charge in [-0.25, -0.2) is 4.98 Å². The molecule has 14 heteroatoms. The fourth-order valence-electron chi connectivity index (χ4n) is 11.7. The van der Waals surface area contributed by atoms with E-state index < -0.39 is 27.1 Å². The summed E-state index contributed by atoms with van der Waals surface area (Å²) < 4.78 is 19.1. The van der Waals surface area contributed by atoms with Gasteiger partial charge in [0.15, 0.2) is 0 Å². The Labute approximate surface area is 471 Å². The average molecular weight is 1070 g/mol. The number of aromatic nitrogens is 1. The lowest BCUT2D eigenvalue weighted by atomic mass is 9.41. The second-order valence-corrected chi connectivity index (χ2v) is 22.7. The molecule has 0 amide bonds. The molecule has 0 aliphatic carbocycles. The van der Waals surface area contributed by atoms with Crippen molar-refractivity contribution in [2.75, 3.05) is 37.8 Å². The van der Waals surface area contributed by atoms with Crippen molar-refractivity contribution in [2.45, 2.75) is 148 Å². The van der Waals surface area contributed by atoms with E-state index >= 15 is 9.59 Å². The summed E-state index contributed by atoms with van der Waals surface area (Å²) in [6.07, 6.45) is 7.28. The quantitative estimate of drug-likeness (QED) is 0.0248. The Hall–Kier alpha value is -7.14. The second kappa shape index (κ2) is 28.1. The predicted molar refractivity (Wildman–Crippen MR) is 317 cm³/mol. The van der Waals surface area contributed by atoms with E-state index in [1.807, 2.05) is 110 Å². The predicted octanol–water partition coefficient (Wildman–Crippen LogP) is 18.8. The van der Waals surface area contributed by atoms with E-state index in [-0.39, 0.29) is 37.2 Å². The molecule has 0 N–H and O–H groups in total. The van der Waals surface area contributed by atoms with Gasteiger partial charge in [-0.3, -0.25) is 9.59 Å². The zero-order valence-electron chi connectivity index (χ0n) is 49.7. The van der Waals surface area contributed by atoms with Crippen LogP contribution in [-0.4, -0.2) is 49.8 Å². The van der Waals surface area contributed by atoms with Gasteiger partial charge in [0.05, 0.1) is 52.0 Å². The molecule has 422 valence electrons. The Morgan fingerprint density at radius 1 is 0.557 bits per heavy atom. The Kier molecular flexibility index (Phi) is 22.3. The summed E-state index contributed by atoms with van der Waals surface area (Å²) in [6.45, 7) is 32.1. The SMILES string of the molecule is CCN(CCOC(=O)C(C)(CC(CC)(CC)C(CC)(CC)C(C)(CC(C)(C)CC)C(=O)OCCOc1ccc(/N=N/c2ccc(/N=N/c3ccccc3)cc2)cc1C)C(C)(C)CC)c1ccc(/N=N/c2ccc(C#N)nc2)cc1. The van der Waals surface area contributed by atoms with Gasteiger partial charge < -0.3 is 19.1 Å². The van der Waals surface area contributed by atoms with Crippen LogP contribution >= 0.6 is 0 Å². The minimum Gasteiger partial charge on any atom is -0.490 e. The molecule has 2 unspecified atom stereocenters. The third-order valence-corrected chi connectivity index (χ3v) is 17.6. The van der Waals surface area contributed by atoms with E-state index in [9.17, 15) is 0 Å². The van der Waals surface area contributed by atoms with Gasteiger partial charge >= 0.3 is 11.9 Å². The number of likely N-dealkylation sites (N-methyl/N-ethyl adjacent to an activating group) is 1. The van der Waals surface area contributed by atoms with Crippen LogP contribution in [0.25, 0.3) is 0 Å². The maximum Gasteiger partial charge on any atom is 0.312 e. The highest BCUT2D eigenvalue weighted by molar-refractivity contribution is 5.79. The van der Waals surface area contributed by atoms with Crippen molar-refractivity contribution in [3.05, 3.63) is 127 Å². The molecule has 0 saturated heterocycles. The highest BCUT2D eigenvalue weighted by atomic mass is 16.6. The number of hydrogen-bond acceptors (Lipinski definition) is 14. The normalized spacial score (nSPS) is 14.0.